The molecule has 0 amide bonds. The molecule has 0 saturated heterocycles. The summed E-state index contributed by atoms with van der Waals surface area (Å²) in [5, 5.41) is 4.69. The number of aryl methyl sites for hydroxylation is 1. The number of hydrogen-bond donors (Lipinski definition) is 2. The Hall–Kier alpha value is -1.20. The summed E-state index contributed by atoms with van der Waals surface area (Å²) in [6.07, 6.45) is 6.59. The molecule has 1 saturated carbocycles. The molecule has 0 spiro atoms. The standard InChI is InChI=1S/C15H22N4S/c1-2-12-6-13-14(18-9-19-15(13)20-12)17-8-11-5-3-4-10(11)7-16/h6,9-11H,2-5,7-8,16H2,1H3,(H,17,18,19). The van der Waals surface area contributed by atoms with E-state index >= 15 is 0 Å². The summed E-state index contributed by atoms with van der Waals surface area (Å²) in [6, 6.07) is 2.22. The maximum atomic E-state index is 5.85. The van der Waals surface area contributed by atoms with Crippen LogP contribution in [-0.4, -0.2) is 23.1 Å². The molecular formula is C15H22N4S. The third-order valence-electron chi connectivity index (χ3n) is 4.38. The Morgan fingerprint density at radius 1 is 1.35 bits per heavy atom. The van der Waals surface area contributed by atoms with Crippen molar-refractivity contribution < 1.29 is 0 Å². The summed E-state index contributed by atoms with van der Waals surface area (Å²) in [4.78, 5) is 11.2. The maximum Gasteiger partial charge on any atom is 0.138 e. The van der Waals surface area contributed by atoms with Crippen molar-refractivity contribution in [3.63, 3.8) is 0 Å². The van der Waals surface area contributed by atoms with Gasteiger partial charge < -0.3 is 11.1 Å². The molecule has 0 aromatic carbocycles. The summed E-state index contributed by atoms with van der Waals surface area (Å²) in [7, 11) is 0. The number of nitrogens with two attached hydrogens (primary N) is 1. The van der Waals surface area contributed by atoms with Gasteiger partial charge in [-0.1, -0.05) is 13.3 Å². The minimum absolute atomic E-state index is 0.675. The van der Waals surface area contributed by atoms with Crippen molar-refractivity contribution in [2.75, 3.05) is 18.4 Å². The fourth-order valence-corrected chi connectivity index (χ4v) is 4.08. The number of rotatable bonds is 5. The van der Waals surface area contributed by atoms with E-state index in [-0.39, 0.29) is 0 Å². The van der Waals surface area contributed by atoms with E-state index in [1.54, 1.807) is 17.7 Å². The summed E-state index contributed by atoms with van der Waals surface area (Å²) in [6.45, 7) is 3.96. The van der Waals surface area contributed by atoms with Gasteiger partial charge in [0.25, 0.3) is 0 Å². The van der Waals surface area contributed by atoms with Gasteiger partial charge in [-0.2, -0.15) is 0 Å². The van der Waals surface area contributed by atoms with Gasteiger partial charge in [-0.15, -0.1) is 11.3 Å². The van der Waals surface area contributed by atoms with Gasteiger partial charge in [0.1, 0.15) is 17.0 Å². The third-order valence-corrected chi connectivity index (χ3v) is 5.57. The molecule has 2 aromatic heterocycles. The first-order valence-electron chi connectivity index (χ1n) is 7.49. The summed E-state index contributed by atoms with van der Waals surface area (Å²) in [5.74, 6) is 2.34. The van der Waals surface area contributed by atoms with Crippen molar-refractivity contribution in [3.8, 4) is 0 Å². The molecule has 2 atom stereocenters. The van der Waals surface area contributed by atoms with E-state index in [9.17, 15) is 0 Å². The van der Waals surface area contributed by atoms with Crippen molar-refractivity contribution in [1.82, 2.24) is 9.97 Å². The quantitative estimate of drug-likeness (QED) is 0.888. The van der Waals surface area contributed by atoms with Crippen LogP contribution in [0.4, 0.5) is 5.82 Å². The Kier molecular flexibility index (Phi) is 4.17. The SMILES string of the molecule is CCc1cc2c(NCC3CCCC3CN)ncnc2s1. The summed E-state index contributed by atoms with van der Waals surface area (Å²) < 4.78 is 0. The number of thiophene rings is 1. The van der Waals surface area contributed by atoms with Crippen LogP contribution in [0.2, 0.25) is 0 Å². The van der Waals surface area contributed by atoms with Crippen LogP contribution < -0.4 is 11.1 Å². The van der Waals surface area contributed by atoms with E-state index in [2.05, 4.69) is 28.3 Å². The average Bonchev–Trinajstić information content (AvgIpc) is 3.10. The van der Waals surface area contributed by atoms with Crippen LogP contribution in [-0.2, 0) is 6.42 Å². The largest absolute Gasteiger partial charge is 0.369 e. The molecule has 0 bridgehead atoms. The lowest BCUT2D eigenvalue weighted by atomic mass is 9.96. The van der Waals surface area contributed by atoms with Crippen molar-refractivity contribution in [1.29, 1.82) is 0 Å². The second-order valence-electron chi connectivity index (χ2n) is 5.58. The molecule has 20 heavy (non-hydrogen) atoms. The average molecular weight is 290 g/mol. The number of aromatic nitrogens is 2. The van der Waals surface area contributed by atoms with E-state index in [0.29, 0.717) is 11.8 Å². The van der Waals surface area contributed by atoms with Crippen LogP contribution in [0.3, 0.4) is 0 Å². The minimum atomic E-state index is 0.675. The lowest BCUT2D eigenvalue weighted by Crippen LogP contribution is -2.24. The van der Waals surface area contributed by atoms with Crippen LogP contribution in [0.5, 0.6) is 0 Å². The molecule has 108 valence electrons. The van der Waals surface area contributed by atoms with Gasteiger partial charge in [0, 0.05) is 11.4 Å². The molecule has 1 fully saturated rings. The molecule has 1 aliphatic carbocycles. The van der Waals surface area contributed by atoms with E-state index in [1.807, 2.05) is 0 Å². The smallest absolute Gasteiger partial charge is 0.138 e. The molecule has 3 N–H and O–H groups in total. The first-order chi connectivity index (χ1) is 9.81. The van der Waals surface area contributed by atoms with Gasteiger partial charge in [-0.3, -0.25) is 0 Å². The number of fused-ring (bicyclic) bond motifs is 1. The predicted octanol–water partition coefficient (Wildman–Crippen LogP) is 3.04. The molecule has 2 aromatic rings. The Morgan fingerprint density at radius 2 is 2.20 bits per heavy atom. The topological polar surface area (TPSA) is 63.8 Å². The first kappa shape index (κ1) is 13.8. The van der Waals surface area contributed by atoms with E-state index in [0.717, 1.165) is 35.5 Å². The molecule has 4 nitrogen and oxygen atoms in total. The molecule has 0 radical (unpaired) electrons. The van der Waals surface area contributed by atoms with Crippen molar-refractivity contribution in [3.05, 3.63) is 17.3 Å². The first-order valence-corrected chi connectivity index (χ1v) is 8.30. The fraction of sp³-hybridized carbons (Fsp3) is 0.600. The number of nitrogens with one attached hydrogen (secondary N) is 1. The highest BCUT2D eigenvalue weighted by Gasteiger charge is 2.25. The monoisotopic (exact) mass is 290 g/mol. The summed E-state index contributed by atoms with van der Waals surface area (Å²) >= 11 is 1.76. The van der Waals surface area contributed by atoms with Crippen LogP contribution in [0, 0.1) is 11.8 Å². The van der Waals surface area contributed by atoms with Gasteiger partial charge in [0.15, 0.2) is 0 Å². The molecule has 2 unspecified atom stereocenters. The molecule has 5 heteroatoms. The highest BCUT2D eigenvalue weighted by atomic mass is 32.1. The van der Waals surface area contributed by atoms with Crippen LogP contribution in [0.1, 0.15) is 31.1 Å². The van der Waals surface area contributed by atoms with Gasteiger partial charge in [0.2, 0.25) is 0 Å². The third kappa shape index (κ3) is 2.65. The molecule has 0 aliphatic heterocycles. The highest BCUT2D eigenvalue weighted by molar-refractivity contribution is 7.18. The zero-order chi connectivity index (χ0) is 13.9. The summed E-state index contributed by atoms with van der Waals surface area (Å²) in [5.41, 5.74) is 5.85. The second-order valence-corrected chi connectivity index (χ2v) is 6.69. The van der Waals surface area contributed by atoms with Gasteiger partial charge in [-0.25, -0.2) is 9.97 Å². The van der Waals surface area contributed by atoms with Crippen molar-refractivity contribution in [2.45, 2.75) is 32.6 Å². The molecule has 1 aliphatic rings. The number of anilines is 1. The zero-order valence-electron chi connectivity index (χ0n) is 11.9. The Balaban J connectivity index is 1.75. The van der Waals surface area contributed by atoms with E-state index in [1.165, 1.54) is 24.1 Å². The normalized spacial score (nSPS) is 22.5. The number of hydrogen-bond acceptors (Lipinski definition) is 5. The lowest BCUT2D eigenvalue weighted by Gasteiger charge is -2.18. The zero-order valence-corrected chi connectivity index (χ0v) is 12.7. The molecule has 2 heterocycles. The maximum absolute atomic E-state index is 5.85. The molecular weight excluding hydrogens is 268 g/mol. The van der Waals surface area contributed by atoms with Gasteiger partial charge in [0.05, 0.1) is 5.39 Å². The van der Waals surface area contributed by atoms with Gasteiger partial charge in [-0.05, 0) is 43.7 Å². The fourth-order valence-electron chi connectivity index (χ4n) is 3.14. The van der Waals surface area contributed by atoms with E-state index < -0.39 is 0 Å². The Morgan fingerprint density at radius 3 is 3.00 bits per heavy atom. The van der Waals surface area contributed by atoms with Crippen molar-refractivity contribution >= 4 is 27.4 Å². The lowest BCUT2D eigenvalue weighted by molar-refractivity contribution is 0.414. The predicted molar refractivity (Wildman–Crippen MR) is 85.2 cm³/mol. The second kappa shape index (κ2) is 6.06. The minimum Gasteiger partial charge on any atom is -0.369 e. The van der Waals surface area contributed by atoms with E-state index in [4.69, 9.17) is 5.73 Å². The Bertz CT molecular complexity index is 580. The highest BCUT2D eigenvalue weighted by Crippen LogP contribution is 2.32. The van der Waals surface area contributed by atoms with Crippen LogP contribution in [0.15, 0.2) is 12.4 Å². The van der Waals surface area contributed by atoms with Gasteiger partial charge >= 0.3 is 0 Å². The van der Waals surface area contributed by atoms with Crippen LogP contribution >= 0.6 is 11.3 Å². The van der Waals surface area contributed by atoms with Crippen LogP contribution in [0.25, 0.3) is 10.2 Å². The van der Waals surface area contributed by atoms with Crippen molar-refractivity contribution in [2.24, 2.45) is 17.6 Å². The Labute approximate surface area is 123 Å². The molecule has 3 rings (SSSR count). The number of nitrogens with zero attached hydrogens (tertiary/aromatic N) is 2.